The van der Waals surface area contributed by atoms with Crippen molar-refractivity contribution < 1.29 is 9.22 Å². The standard InChI is InChI=1S/C37H60O2Si/c1-5-6-7-8-9-10-12-15-20-27-34(38)28-21-16-13-11-14-17-26-33-39-40(37(2,3)4,35-29-22-18-23-30-35)36-31-24-19-25-32-36/h18-19,22-25,29-32H,5-17,20-21,26-28,33H2,1-4H3. The fourth-order valence-corrected chi connectivity index (χ4v) is 10.7. The van der Waals surface area contributed by atoms with E-state index in [0.29, 0.717) is 5.78 Å². The summed E-state index contributed by atoms with van der Waals surface area (Å²) in [5, 5.41) is 2.77. The Bertz CT molecular complexity index is 848. The zero-order valence-corrected chi connectivity index (χ0v) is 27.5. The van der Waals surface area contributed by atoms with Crippen LogP contribution in [0.4, 0.5) is 0 Å². The SMILES string of the molecule is CCCCCCCCCCCC(=O)CCCCCCCCCO[Si](c1ccccc1)(c1ccccc1)C(C)(C)C. The number of Topliss-reactive ketones (excluding diaryl/α,β-unsaturated/α-hetero) is 1. The Morgan fingerprint density at radius 1 is 0.575 bits per heavy atom. The number of unbranched alkanes of at least 4 members (excludes halogenated alkanes) is 14. The molecule has 3 heteroatoms. The average molecular weight is 565 g/mol. The van der Waals surface area contributed by atoms with Gasteiger partial charge in [-0.25, -0.2) is 0 Å². The first kappa shape index (κ1) is 34.5. The average Bonchev–Trinajstić information content (AvgIpc) is 2.95. The zero-order chi connectivity index (χ0) is 28.9. The maximum absolute atomic E-state index is 12.2. The van der Waals surface area contributed by atoms with Gasteiger partial charge in [0, 0.05) is 19.4 Å². The third-order valence-electron chi connectivity index (χ3n) is 8.39. The smallest absolute Gasteiger partial charge is 0.261 e. The first-order valence-corrected chi connectivity index (χ1v) is 18.6. The van der Waals surface area contributed by atoms with E-state index in [1.165, 1.54) is 93.8 Å². The van der Waals surface area contributed by atoms with E-state index in [4.69, 9.17) is 4.43 Å². The van der Waals surface area contributed by atoms with Crippen LogP contribution in [0.3, 0.4) is 0 Å². The highest BCUT2D eigenvalue weighted by molar-refractivity contribution is 6.99. The molecule has 40 heavy (non-hydrogen) atoms. The highest BCUT2D eigenvalue weighted by Crippen LogP contribution is 2.36. The van der Waals surface area contributed by atoms with E-state index in [-0.39, 0.29) is 5.04 Å². The van der Waals surface area contributed by atoms with E-state index in [0.717, 1.165) is 38.7 Å². The van der Waals surface area contributed by atoms with Crippen molar-refractivity contribution in [1.82, 2.24) is 0 Å². The number of carbonyl (C=O) groups excluding carboxylic acids is 1. The maximum atomic E-state index is 12.2. The van der Waals surface area contributed by atoms with E-state index in [1.54, 1.807) is 0 Å². The Kier molecular flexibility index (Phi) is 17.4. The third-order valence-corrected chi connectivity index (χ3v) is 13.4. The predicted molar refractivity (Wildman–Crippen MR) is 177 cm³/mol. The Labute approximate surface area is 248 Å². The molecule has 2 nitrogen and oxygen atoms in total. The summed E-state index contributed by atoms with van der Waals surface area (Å²) in [5.41, 5.74) is 0. The van der Waals surface area contributed by atoms with Gasteiger partial charge in [-0.1, -0.05) is 172 Å². The molecule has 2 aromatic carbocycles. The summed E-state index contributed by atoms with van der Waals surface area (Å²) >= 11 is 0. The van der Waals surface area contributed by atoms with E-state index in [2.05, 4.69) is 88.4 Å². The van der Waals surface area contributed by atoms with Gasteiger partial charge in [0.05, 0.1) is 0 Å². The van der Waals surface area contributed by atoms with Gasteiger partial charge < -0.3 is 4.43 Å². The summed E-state index contributed by atoms with van der Waals surface area (Å²) in [6.07, 6.45) is 21.8. The largest absolute Gasteiger partial charge is 0.407 e. The van der Waals surface area contributed by atoms with Crippen molar-refractivity contribution in [2.45, 2.75) is 148 Å². The van der Waals surface area contributed by atoms with Gasteiger partial charge in [-0.2, -0.15) is 0 Å². The number of ketones is 1. The fraction of sp³-hybridized carbons (Fsp3) is 0.649. The van der Waals surface area contributed by atoms with Gasteiger partial charge >= 0.3 is 0 Å². The molecule has 0 aromatic heterocycles. The lowest BCUT2D eigenvalue weighted by Gasteiger charge is -2.43. The highest BCUT2D eigenvalue weighted by Gasteiger charge is 2.49. The van der Waals surface area contributed by atoms with Crippen molar-refractivity contribution in [3.8, 4) is 0 Å². The van der Waals surface area contributed by atoms with Crippen LogP contribution in [-0.2, 0) is 9.22 Å². The molecule has 2 aromatic rings. The van der Waals surface area contributed by atoms with Gasteiger partial charge in [-0.05, 0) is 34.7 Å². The lowest BCUT2D eigenvalue weighted by molar-refractivity contribution is -0.119. The van der Waals surface area contributed by atoms with Crippen LogP contribution in [0.1, 0.15) is 143 Å². The number of carbonyl (C=O) groups is 1. The summed E-state index contributed by atoms with van der Waals surface area (Å²) in [6, 6.07) is 21.9. The van der Waals surface area contributed by atoms with Crippen LogP contribution in [0.15, 0.2) is 60.7 Å². The molecular formula is C37H60O2Si. The Hall–Kier alpha value is -1.71. The minimum atomic E-state index is -2.40. The molecule has 2 rings (SSSR count). The van der Waals surface area contributed by atoms with Gasteiger partial charge in [0.25, 0.3) is 8.32 Å². The number of benzene rings is 2. The first-order chi connectivity index (χ1) is 19.4. The lowest BCUT2D eigenvalue weighted by atomic mass is 10.0. The van der Waals surface area contributed by atoms with Crippen molar-refractivity contribution in [2.75, 3.05) is 6.61 Å². The lowest BCUT2D eigenvalue weighted by Crippen LogP contribution is -2.66. The Morgan fingerprint density at radius 3 is 1.35 bits per heavy atom. The molecule has 0 aliphatic heterocycles. The van der Waals surface area contributed by atoms with Gasteiger partial charge in [0.15, 0.2) is 0 Å². The Balaban J connectivity index is 1.59. The number of hydrogen-bond acceptors (Lipinski definition) is 2. The molecule has 0 aliphatic carbocycles. The topological polar surface area (TPSA) is 26.3 Å². The van der Waals surface area contributed by atoms with Crippen LogP contribution >= 0.6 is 0 Å². The molecule has 0 fully saturated rings. The quantitative estimate of drug-likeness (QED) is 0.0991. The van der Waals surface area contributed by atoms with E-state index in [1.807, 2.05) is 0 Å². The second kappa shape index (κ2) is 20.2. The second-order valence-electron chi connectivity index (χ2n) is 12.9. The van der Waals surface area contributed by atoms with Crippen molar-refractivity contribution in [1.29, 1.82) is 0 Å². The molecule has 0 bridgehead atoms. The van der Waals surface area contributed by atoms with E-state index < -0.39 is 8.32 Å². The van der Waals surface area contributed by atoms with Crippen LogP contribution < -0.4 is 10.4 Å². The van der Waals surface area contributed by atoms with E-state index in [9.17, 15) is 4.79 Å². The van der Waals surface area contributed by atoms with Gasteiger partial charge in [0.1, 0.15) is 5.78 Å². The Morgan fingerprint density at radius 2 is 0.950 bits per heavy atom. The van der Waals surface area contributed by atoms with Crippen LogP contribution in [0.5, 0.6) is 0 Å². The molecule has 0 spiro atoms. The predicted octanol–water partition coefficient (Wildman–Crippen LogP) is 10.2. The molecule has 0 atom stereocenters. The van der Waals surface area contributed by atoms with Crippen molar-refractivity contribution in [3.05, 3.63) is 60.7 Å². The maximum Gasteiger partial charge on any atom is 0.261 e. The molecule has 0 radical (unpaired) electrons. The number of rotatable bonds is 23. The van der Waals surface area contributed by atoms with Crippen molar-refractivity contribution in [3.63, 3.8) is 0 Å². The number of hydrogen-bond donors (Lipinski definition) is 0. The second-order valence-corrected chi connectivity index (χ2v) is 17.2. The molecule has 0 unspecified atom stereocenters. The summed E-state index contributed by atoms with van der Waals surface area (Å²) in [5.74, 6) is 0.489. The van der Waals surface area contributed by atoms with Gasteiger partial charge in [-0.3, -0.25) is 4.79 Å². The first-order valence-electron chi connectivity index (χ1n) is 16.7. The van der Waals surface area contributed by atoms with Gasteiger partial charge in [-0.15, -0.1) is 0 Å². The van der Waals surface area contributed by atoms with Crippen LogP contribution in [0.25, 0.3) is 0 Å². The summed E-state index contributed by atoms with van der Waals surface area (Å²) in [4.78, 5) is 12.2. The van der Waals surface area contributed by atoms with Crippen molar-refractivity contribution in [2.24, 2.45) is 0 Å². The molecule has 0 heterocycles. The fourth-order valence-electron chi connectivity index (χ4n) is 6.05. The molecule has 224 valence electrons. The molecule has 0 saturated carbocycles. The normalized spacial score (nSPS) is 12.1. The summed E-state index contributed by atoms with van der Waals surface area (Å²) < 4.78 is 7.01. The minimum absolute atomic E-state index is 0.0427. The van der Waals surface area contributed by atoms with Crippen LogP contribution in [-0.4, -0.2) is 20.7 Å². The molecule has 0 aliphatic rings. The summed E-state index contributed by atoms with van der Waals surface area (Å²) in [7, 11) is -2.40. The zero-order valence-electron chi connectivity index (χ0n) is 26.5. The van der Waals surface area contributed by atoms with Crippen LogP contribution in [0.2, 0.25) is 5.04 Å². The molecule has 0 amide bonds. The molecular weight excluding hydrogens is 504 g/mol. The third kappa shape index (κ3) is 12.4. The van der Waals surface area contributed by atoms with Crippen LogP contribution in [0, 0.1) is 0 Å². The molecule has 0 saturated heterocycles. The minimum Gasteiger partial charge on any atom is -0.407 e. The van der Waals surface area contributed by atoms with E-state index >= 15 is 0 Å². The summed E-state index contributed by atoms with van der Waals surface area (Å²) in [6.45, 7) is 10.1. The monoisotopic (exact) mass is 564 g/mol. The van der Waals surface area contributed by atoms with Crippen molar-refractivity contribution >= 4 is 24.5 Å². The highest BCUT2D eigenvalue weighted by atomic mass is 28.4. The van der Waals surface area contributed by atoms with Gasteiger partial charge in [0.2, 0.25) is 0 Å². The molecule has 0 N–H and O–H groups in total.